The summed E-state index contributed by atoms with van der Waals surface area (Å²) >= 11 is 0. The van der Waals surface area contributed by atoms with Crippen LogP contribution in [0.1, 0.15) is 30.4 Å². The van der Waals surface area contributed by atoms with E-state index in [0.29, 0.717) is 6.04 Å². The smallest absolute Gasteiger partial charge is 0.178 e. The highest BCUT2D eigenvalue weighted by atomic mass is 15.4. The van der Waals surface area contributed by atoms with Crippen LogP contribution < -0.4 is 9.80 Å². The monoisotopic (exact) mass is 364 g/mol. The number of aromatic nitrogens is 6. The number of likely N-dealkylation sites (N-methyl/N-ethyl adjacent to an activating group) is 1. The molecule has 0 saturated carbocycles. The molecule has 1 fully saturated rings. The number of hydrogen-bond donors (Lipinski definition) is 0. The minimum atomic E-state index is 0.415. The fourth-order valence-electron chi connectivity index (χ4n) is 3.99. The van der Waals surface area contributed by atoms with Gasteiger partial charge in [-0.05, 0) is 55.9 Å². The van der Waals surface area contributed by atoms with E-state index in [4.69, 9.17) is 0 Å². The Labute approximate surface area is 158 Å². The number of aryl methyl sites for hydroxylation is 2. The molecule has 140 valence electrons. The van der Waals surface area contributed by atoms with Crippen LogP contribution in [0.2, 0.25) is 0 Å². The molecule has 8 nitrogen and oxygen atoms in total. The normalized spacial score (nSPS) is 19.8. The highest BCUT2D eigenvalue weighted by Gasteiger charge is 2.32. The Morgan fingerprint density at radius 3 is 2.81 bits per heavy atom. The fraction of sp³-hybridized carbons (Fsp3) is 0.526. The van der Waals surface area contributed by atoms with Gasteiger partial charge in [0.25, 0.3) is 0 Å². The summed E-state index contributed by atoms with van der Waals surface area (Å²) in [5.74, 6) is 3.48. The van der Waals surface area contributed by atoms with E-state index in [0.717, 1.165) is 55.0 Å². The highest BCUT2D eigenvalue weighted by Crippen LogP contribution is 2.28. The van der Waals surface area contributed by atoms with E-state index in [1.54, 1.807) is 4.52 Å². The Morgan fingerprint density at radius 2 is 1.96 bits per heavy atom. The fourth-order valence-corrected chi connectivity index (χ4v) is 3.99. The first kappa shape index (κ1) is 16.4. The van der Waals surface area contributed by atoms with E-state index < -0.39 is 0 Å². The average molecular weight is 364 g/mol. The lowest BCUT2D eigenvalue weighted by atomic mass is 9.88. The van der Waals surface area contributed by atoms with Crippen LogP contribution in [0, 0.1) is 12.8 Å². The van der Waals surface area contributed by atoms with Crippen LogP contribution in [-0.2, 0) is 12.8 Å². The van der Waals surface area contributed by atoms with E-state index in [9.17, 15) is 0 Å². The van der Waals surface area contributed by atoms with Gasteiger partial charge in [-0.3, -0.25) is 0 Å². The molecular weight excluding hydrogens is 340 g/mol. The zero-order valence-electron chi connectivity index (χ0n) is 16.0. The first-order valence-electron chi connectivity index (χ1n) is 9.61. The summed E-state index contributed by atoms with van der Waals surface area (Å²) in [4.78, 5) is 4.53. The van der Waals surface area contributed by atoms with Crippen molar-refractivity contribution in [2.24, 2.45) is 5.92 Å². The zero-order chi connectivity index (χ0) is 18.5. The second-order valence-corrected chi connectivity index (χ2v) is 7.90. The second-order valence-electron chi connectivity index (χ2n) is 7.90. The van der Waals surface area contributed by atoms with Crippen LogP contribution in [0.5, 0.6) is 0 Å². The average Bonchev–Trinajstić information content (AvgIpc) is 3.00. The molecule has 0 spiro atoms. The van der Waals surface area contributed by atoms with Crippen molar-refractivity contribution in [1.82, 2.24) is 30.0 Å². The lowest BCUT2D eigenvalue weighted by molar-refractivity contribution is 0.477. The maximum Gasteiger partial charge on any atom is 0.178 e. The lowest BCUT2D eigenvalue weighted by Gasteiger charge is -2.44. The molecule has 0 amide bonds. The molecule has 27 heavy (non-hydrogen) atoms. The maximum absolute atomic E-state index is 4.66. The minimum absolute atomic E-state index is 0.415. The third-order valence-corrected chi connectivity index (χ3v) is 5.89. The molecule has 0 bridgehead atoms. The molecule has 8 heteroatoms. The van der Waals surface area contributed by atoms with E-state index >= 15 is 0 Å². The Balaban J connectivity index is 1.30. The highest BCUT2D eigenvalue weighted by molar-refractivity contribution is 5.51. The van der Waals surface area contributed by atoms with Gasteiger partial charge in [0, 0.05) is 20.1 Å². The second kappa shape index (κ2) is 6.14. The van der Waals surface area contributed by atoms with Crippen molar-refractivity contribution >= 4 is 17.3 Å². The van der Waals surface area contributed by atoms with Crippen molar-refractivity contribution in [1.29, 1.82) is 0 Å². The lowest BCUT2D eigenvalue weighted by Crippen LogP contribution is -2.59. The van der Waals surface area contributed by atoms with Crippen LogP contribution in [0.25, 0.3) is 5.65 Å². The maximum atomic E-state index is 4.66. The Hall–Kier alpha value is -2.77. The minimum Gasteiger partial charge on any atom is -0.352 e. The van der Waals surface area contributed by atoms with Crippen LogP contribution in [0.3, 0.4) is 0 Å². The van der Waals surface area contributed by atoms with Crippen molar-refractivity contribution in [3.63, 3.8) is 0 Å². The summed E-state index contributed by atoms with van der Waals surface area (Å²) in [5.41, 5.74) is 3.34. The predicted octanol–water partition coefficient (Wildman–Crippen LogP) is 1.67. The van der Waals surface area contributed by atoms with Crippen molar-refractivity contribution in [3.8, 4) is 0 Å². The molecule has 1 aliphatic carbocycles. The molecule has 0 N–H and O–H groups in total. The molecule has 3 aromatic rings. The Kier molecular flexibility index (Phi) is 3.73. The first-order valence-corrected chi connectivity index (χ1v) is 9.61. The molecular formula is C19H24N8. The van der Waals surface area contributed by atoms with Gasteiger partial charge in [0.15, 0.2) is 17.3 Å². The zero-order valence-corrected chi connectivity index (χ0v) is 16.0. The molecule has 4 heterocycles. The molecule has 1 saturated heterocycles. The Morgan fingerprint density at radius 1 is 1.11 bits per heavy atom. The number of fused-ring (bicyclic) bond motifs is 2. The Bertz CT molecular complexity index is 991. The first-order chi connectivity index (χ1) is 13.1. The van der Waals surface area contributed by atoms with Crippen LogP contribution in [0.15, 0.2) is 18.2 Å². The largest absolute Gasteiger partial charge is 0.352 e. The molecule has 0 radical (unpaired) electrons. The summed E-state index contributed by atoms with van der Waals surface area (Å²) in [7, 11) is 2.12. The van der Waals surface area contributed by atoms with Gasteiger partial charge in [-0.1, -0.05) is 6.92 Å². The summed E-state index contributed by atoms with van der Waals surface area (Å²) in [6.45, 7) is 6.08. The van der Waals surface area contributed by atoms with E-state index in [2.05, 4.69) is 55.3 Å². The number of rotatable bonds is 3. The molecule has 1 aliphatic heterocycles. The summed E-state index contributed by atoms with van der Waals surface area (Å²) < 4.78 is 1.79. The van der Waals surface area contributed by atoms with Gasteiger partial charge in [-0.15, -0.1) is 20.4 Å². The number of nitrogens with zero attached hydrogens (tertiary/aromatic N) is 8. The third-order valence-electron chi connectivity index (χ3n) is 5.89. The molecule has 3 aromatic heterocycles. The SMILES string of the molecule is Cc1nnc2ccc(N3CC(N(C)c4cc5c(nn4)CCC(C)C5)C3)nn12. The summed E-state index contributed by atoms with van der Waals surface area (Å²) in [6.07, 6.45) is 3.39. The van der Waals surface area contributed by atoms with Gasteiger partial charge in [0.1, 0.15) is 5.82 Å². The summed E-state index contributed by atoms with van der Waals surface area (Å²) in [6, 6.07) is 6.64. The van der Waals surface area contributed by atoms with Gasteiger partial charge in [0.05, 0.1) is 11.7 Å². The van der Waals surface area contributed by atoms with Crippen LogP contribution in [0.4, 0.5) is 11.6 Å². The predicted molar refractivity (Wildman–Crippen MR) is 103 cm³/mol. The van der Waals surface area contributed by atoms with E-state index in [-0.39, 0.29) is 0 Å². The summed E-state index contributed by atoms with van der Waals surface area (Å²) in [5, 5.41) is 21.8. The molecule has 1 unspecified atom stereocenters. The molecule has 2 aliphatic rings. The van der Waals surface area contributed by atoms with Crippen LogP contribution >= 0.6 is 0 Å². The quantitative estimate of drug-likeness (QED) is 0.700. The number of anilines is 2. The molecule has 5 rings (SSSR count). The van der Waals surface area contributed by atoms with Crippen molar-refractivity contribution < 1.29 is 0 Å². The van der Waals surface area contributed by atoms with Gasteiger partial charge in [0.2, 0.25) is 0 Å². The number of hydrogen-bond acceptors (Lipinski definition) is 7. The topological polar surface area (TPSA) is 75.3 Å². The third kappa shape index (κ3) is 2.79. The van der Waals surface area contributed by atoms with Gasteiger partial charge >= 0.3 is 0 Å². The van der Waals surface area contributed by atoms with E-state index in [1.807, 2.05) is 19.1 Å². The van der Waals surface area contributed by atoms with Crippen LogP contribution in [-0.4, -0.2) is 56.2 Å². The molecule has 0 aromatic carbocycles. The van der Waals surface area contributed by atoms with Gasteiger partial charge in [-0.25, -0.2) is 0 Å². The van der Waals surface area contributed by atoms with Crippen molar-refractivity contribution in [3.05, 3.63) is 35.3 Å². The van der Waals surface area contributed by atoms with E-state index in [1.165, 1.54) is 17.7 Å². The molecule has 1 atom stereocenters. The van der Waals surface area contributed by atoms with Gasteiger partial charge in [-0.2, -0.15) is 9.61 Å². The van der Waals surface area contributed by atoms with Crippen molar-refractivity contribution in [2.75, 3.05) is 29.9 Å². The van der Waals surface area contributed by atoms with Gasteiger partial charge < -0.3 is 9.80 Å². The van der Waals surface area contributed by atoms with Crippen molar-refractivity contribution in [2.45, 2.75) is 39.2 Å². The standard InChI is InChI=1S/C19H24N8/c1-12-4-5-16-14(8-12)9-19(23-21-16)25(3)15-10-26(11-15)18-7-6-17-22-20-13(2)27(17)24-18/h6-7,9,12,15H,4-5,8,10-11H2,1-3H3.